The lowest BCUT2D eigenvalue weighted by atomic mass is 9.92. The van der Waals surface area contributed by atoms with Gasteiger partial charge in [-0.05, 0) is 42.0 Å². The normalized spacial score (nSPS) is 23.4. The van der Waals surface area contributed by atoms with Crippen molar-refractivity contribution in [3.05, 3.63) is 93.7 Å². The first-order valence-electron chi connectivity index (χ1n) is 9.58. The molecule has 148 valence electrons. The van der Waals surface area contributed by atoms with Gasteiger partial charge in [-0.3, -0.25) is 4.79 Å². The van der Waals surface area contributed by atoms with Gasteiger partial charge >= 0.3 is 5.72 Å². The van der Waals surface area contributed by atoms with Gasteiger partial charge in [-0.1, -0.05) is 46.3 Å². The smallest absolute Gasteiger partial charge is 0.306 e. The summed E-state index contributed by atoms with van der Waals surface area (Å²) in [5, 5.41) is 9.56. The predicted octanol–water partition coefficient (Wildman–Crippen LogP) is 4.94. The van der Waals surface area contributed by atoms with Gasteiger partial charge in [0, 0.05) is 16.5 Å². The Hall–Kier alpha value is -3.19. The summed E-state index contributed by atoms with van der Waals surface area (Å²) < 4.78 is 20.7. The Bertz CT molecular complexity index is 1240. The molecule has 30 heavy (non-hydrogen) atoms. The molecule has 0 bridgehead atoms. The number of carbonyl (C=O) groups is 1. The Morgan fingerprint density at radius 3 is 2.77 bits per heavy atom. The Labute approximate surface area is 180 Å². The van der Waals surface area contributed by atoms with Gasteiger partial charge in [0.15, 0.2) is 0 Å². The molecule has 0 unspecified atom stereocenters. The molecule has 0 aromatic heterocycles. The lowest BCUT2D eigenvalue weighted by Gasteiger charge is -2.44. The second kappa shape index (κ2) is 6.15. The van der Waals surface area contributed by atoms with Crippen LogP contribution in [0.1, 0.15) is 29.2 Å². The van der Waals surface area contributed by atoms with E-state index in [1.807, 2.05) is 42.5 Å². The summed E-state index contributed by atoms with van der Waals surface area (Å²) in [5.41, 5.74) is 2.60. The summed E-state index contributed by atoms with van der Waals surface area (Å²) in [6.07, 6.45) is 0.588. The number of hydrazone groups is 1. The van der Waals surface area contributed by atoms with Gasteiger partial charge in [0.05, 0.1) is 23.0 Å². The minimum atomic E-state index is -1.40. The zero-order valence-electron chi connectivity index (χ0n) is 15.6. The largest absolute Gasteiger partial charge is 0.453 e. The van der Waals surface area contributed by atoms with E-state index in [0.29, 0.717) is 23.4 Å². The number of anilines is 1. The molecule has 0 fully saturated rings. The van der Waals surface area contributed by atoms with Gasteiger partial charge in [-0.25, -0.2) is 9.40 Å². The molecule has 6 rings (SSSR count). The highest BCUT2D eigenvalue weighted by Crippen LogP contribution is 2.54. The van der Waals surface area contributed by atoms with Crippen LogP contribution in [0.5, 0.6) is 5.75 Å². The standard InChI is InChI=1S/C23H15BrFN3O2/c24-14-7-10-18-17(11-14)23(22(29)26-18)28-20(16-3-1-2-4-21(16)30-23)12-19(27-28)13-5-8-15(25)9-6-13/h1-11,20H,12H2,(H,26,29)/t20-,23+/m1/s1. The van der Waals surface area contributed by atoms with Crippen LogP contribution in [0.25, 0.3) is 0 Å². The van der Waals surface area contributed by atoms with Crippen molar-refractivity contribution in [1.29, 1.82) is 0 Å². The summed E-state index contributed by atoms with van der Waals surface area (Å²) in [7, 11) is 0. The zero-order valence-corrected chi connectivity index (χ0v) is 17.2. The molecule has 3 aromatic rings. The van der Waals surface area contributed by atoms with Crippen molar-refractivity contribution in [2.24, 2.45) is 5.10 Å². The molecule has 2 atom stereocenters. The van der Waals surface area contributed by atoms with E-state index < -0.39 is 5.72 Å². The molecule has 3 aliphatic heterocycles. The van der Waals surface area contributed by atoms with E-state index in [1.54, 1.807) is 17.1 Å². The van der Waals surface area contributed by atoms with Crippen molar-refractivity contribution in [3.63, 3.8) is 0 Å². The number of halogens is 2. The minimum absolute atomic E-state index is 0.175. The molecule has 0 saturated carbocycles. The van der Waals surface area contributed by atoms with Gasteiger partial charge in [0.25, 0.3) is 5.91 Å². The second-order valence-electron chi connectivity index (χ2n) is 7.55. The number of para-hydroxylation sites is 1. The molecule has 5 nitrogen and oxygen atoms in total. The summed E-state index contributed by atoms with van der Waals surface area (Å²) in [6.45, 7) is 0. The number of carbonyl (C=O) groups excluding carboxylic acids is 1. The van der Waals surface area contributed by atoms with Crippen LogP contribution >= 0.6 is 15.9 Å². The summed E-state index contributed by atoms with van der Waals surface area (Å²) in [6, 6.07) is 19.4. The van der Waals surface area contributed by atoms with Crippen LogP contribution < -0.4 is 10.1 Å². The number of ether oxygens (including phenoxy) is 1. The number of rotatable bonds is 1. The van der Waals surface area contributed by atoms with E-state index in [9.17, 15) is 9.18 Å². The van der Waals surface area contributed by atoms with Crippen LogP contribution in [0.15, 0.2) is 76.3 Å². The number of fused-ring (bicyclic) bond motifs is 6. The maximum Gasteiger partial charge on any atom is 0.306 e. The third kappa shape index (κ3) is 2.32. The van der Waals surface area contributed by atoms with E-state index in [1.165, 1.54) is 12.1 Å². The Morgan fingerprint density at radius 1 is 1.13 bits per heavy atom. The van der Waals surface area contributed by atoms with Crippen LogP contribution in [-0.4, -0.2) is 16.6 Å². The quantitative estimate of drug-likeness (QED) is 0.556. The topological polar surface area (TPSA) is 53.9 Å². The number of nitrogens with one attached hydrogen (secondary N) is 1. The van der Waals surface area contributed by atoms with Crippen LogP contribution in [0.2, 0.25) is 0 Å². The number of benzene rings is 3. The van der Waals surface area contributed by atoms with E-state index in [2.05, 4.69) is 21.2 Å². The van der Waals surface area contributed by atoms with Gasteiger partial charge in [0.2, 0.25) is 0 Å². The van der Waals surface area contributed by atoms with Crippen molar-refractivity contribution in [1.82, 2.24) is 5.01 Å². The van der Waals surface area contributed by atoms with Crippen LogP contribution in [-0.2, 0) is 10.5 Å². The second-order valence-corrected chi connectivity index (χ2v) is 8.46. The highest BCUT2D eigenvalue weighted by molar-refractivity contribution is 9.10. The molecular weight excluding hydrogens is 449 g/mol. The molecule has 3 heterocycles. The lowest BCUT2D eigenvalue weighted by molar-refractivity contribution is -0.161. The highest BCUT2D eigenvalue weighted by atomic mass is 79.9. The molecule has 3 aliphatic rings. The molecule has 1 amide bonds. The minimum Gasteiger partial charge on any atom is -0.453 e. The maximum atomic E-state index is 13.4. The van der Waals surface area contributed by atoms with Crippen molar-refractivity contribution >= 4 is 33.2 Å². The molecular formula is C23H15BrFN3O2. The Kier molecular flexibility index (Phi) is 3.62. The SMILES string of the molecule is O=C1Nc2ccc(Br)cc2[C@]12Oc1ccccc1[C@H]1CC(c3ccc(F)cc3)=NN12. The molecule has 1 N–H and O–H groups in total. The fourth-order valence-electron chi connectivity index (χ4n) is 4.48. The van der Waals surface area contributed by atoms with Crippen molar-refractivity contribution in [2.45, 2.75) is 18.2 Å². The van der Waals surface area contributed by atoms with Gasteiger partial charge in [-0.2, -0.15) is 5.10 Å². The summed E-state index contributed by atoms with van der Waals surface area (Å²) in [4.78, 5) is 13.3. The first kappa shape index (κ1) is 17.7. The van der Waals surface area contributed by atoms with E-state index in [4.69, 9.17) is 9.84 Å². The fraction of sp³-hybridized carbons (Fsp3) is 0.130. The third-order valence-electron chi connectivity index (χ3n) is 5.85. The molecule has 0 aliphatic carbocycles. The van der Waals surface area contributed by atoms with E-state index >= 15 is 0 Å². The van der Waals surface area contributed by atoms with E-state index in [-0.39, 0.29) is 17.8 Å². The zero-order chi connectivity index (χ0) is 20.5. The first-order valence-corrected chi connectivity index (χ1v) is 10.4. The average molecular weight is 464 g/mol. The predicted molar refractivity (Wildman–Crippen MR) is 114 cm³/mol. The van der Waals surface area contributed by atoms with Crippen molar-refractivity contribution < 1.29 is 13.9 Å². The average Bonchev–Trinajstić information content (AvgIpc) is 3.30. The molecule has 3 aromatic carbocycles. The Balaban J connectivity index is 1.57. The van der Waals surface area contributed by atoms with Crippen LogP contribution in [0.3, 0.4) is 0 Å². The molecule has 7 heteroatoms. The lowest BCUT2D eigenvalue weighted by Crippen LogP contribution is -2.55. The first-order chi connectivity index (χ1) is 14.6. The van der Waals surface area contributed by atoms with Crippen LogP contribution in [0.4, 0.5) is 10.1 Å². The Morgan fingerprint density at radius 2 is 1.93 bits per heavy atom. The van der Waals surface area contributed by atoms with Gasteiger partial charge < -0.3 is 10.1 Å². The van der Waals surface area contributed by atoms with E-state index in [0.717, 1.165) is 21.3 Å². The summed E-state index contributed by atoms with van der Waals surface area (Å²) >= 11 is 3.51. The number of nitrogens with zero attached hydrogens (tertiary/aromatic N) is 2. The number of hydrogen-bond acceptors (Lipinski definition) is 4. The molecule has 1 spiro atoms. The summed E-state index contributed by atoms with van der Waals surface area (Å²) in [5.74, 6) is 0.0886. The van der Waals surface area contributed by atoms with Crippen LogP contribution in [0, 0.1) is 5.82 Å². The number of hydrogen-bond donors (Lipinski definition) is 1. The highest BCUT2D eigenvalue weighted by Gasteiger charge is 2.60. The molecule has 0 radical (unpaired) electrons. The van der Waals surface area contributed by atoms with Gasteiger partial charge in [-0.15, -0.1) is 0 Å². The molecule has 0 saturated heterocycles. The van der Waals surface area contributed by atoms with Crippen molar-refractivity contribution in [3.8, 4) is 5.75 Å². The maximum absolute atomic E-state index is 13.4. The third-order valence-corrected chi connectivity index (χ3v) is 6.34. The van der Waals surface area contributed by atoms with Gasteiger partial charge in [0.1, 0.15) is 11.6 Å². The number of amides is 1. The fourth-order valence-corrected chi connectivity index (χ4v) is 4.84. The monoisotopic (exact) mass is 463 g/mol. The van der Waals surface area contributed by atoms with Crippen molar-refractivity contribution in [2.75, 3.05) is 5.32 Å².